The first kappa shape index (κ1) is 12.0. The summed E-state index contributed by atoms with van der Waals surface area (Å²) >= 11 is 0. The summed E-state index contributed by atoms with van der Waals surface area (Å²) in [7, 11) is 0. The van der Waals surface area contributed by atoms with Crippen molar-refractivity contribution in [1.82, 2.24) is 4.90 Å². The number of nitrogens with zero attached hydrogens (tertiary/aromatic N) is 1. The summed E-state index contributed by atoms with van der Waals surface area (Å²) in [6, 6.07) is 0. The van der Waals surface area contributed by atoms with Crippen molar-refractivity contribution >= 4 is 0 Å². The number of aliphatic hydroxyl groups excluding tert-OH is 1. The molecular formula is C12H25NO. The summed E-state index contributed by atoms with van der Waals surface area (Å²) in [5.74, 6) is 0. The first-order chi connectivity index (χ1) is 6.71. The third-order valence-corrected chi connectivity index (χ3v) is 3.97. The van der Waals surface area contributed by atoms with Gasteiger partial charge in [0, 0.05) is 5.54 Å². The van der Waals surface area contributed by atoms with Crippen LogP contribution in [0.25, 0.3) is 0 Å². The Labute approximate surface area is 88.3 Å². The monoisotopic (exact) mass is 199 g/mol. The fraction of sp³-hybridized carbons (Fsp3) is 1.00. The minimum Gasteiger partial charge on any atom is -0.391 e. The zero-order valence-corrected chi connectivity index (χ0v) is 9.92. The third-order valence-electron chi connectivity index (χ3n) is 3.97. The van der Waals surface area contributed by atoms with Gasteiger partial charge in [-0.25, -0.2) is 0 Å². The van der Waals surface area contributed by atoms with Crippen LogP contribution in [0, 0.1) is 0 Å². The van der Waals surface area contributed by atoms with E-state index in [4.69, 9.17) is 0 Å². The molecule has 0 radical (unpaired) electrons. The molecule has 0 amide bonds. The van der Waals surface area contributed by atoms with Gasteiger partial charge in [-0.15, -0.1) is 0 Å². The molecule has 1 aliphatic rings. The number of aliphatic hydroxyl groups is 1. The van der Waals surface area contributed by atoms with Crippen molar-refractivity contribution in [3.8, 4) is 0 Å². The maximum atomic E-state index is 10.2. The van der Waals surface area contributed by atoms with Crippen molar-refractivity contribution < 1.29 is 5.11 Å². The van der Waals surface area contributed by atoms with E-state index in [9.17, 15) is 5.11 Å². The van der Waals surface area contributed by atoms with Crippen LogP contribution in [0.3, 0.4) is 0 Å². The van der Waals surface area contributed by atoms with E-state index >= 15 is 0 Å². The van der Waals surface area contributed by atoms with E-state index in [1.165, 1.54) is 25.9 Å². The third kappa shape index (κ3) is 1.96. The van der Waals surface area contributed by atoms with Gasteiger partial charge in [-0.05, 0) is 45.2 Å². The smallest absolute Gasteiger partial charge is 0.0721 e. The summed E-state index contributed by atoms with van der Waals surface area (Å²) < 4.78 is 0. The highest BCUT2D eigenvalue weighted by Crippen LogP contribution is 2.32. The van der Waals surface area contributed by atoms with Crippen LogP contribution in [-0.4, -0.2) is 34.7 Å². The summed E-state index contributed by atoms with van der Waals surface area (Å²) in [6.45, 7) is 8.86. The standard InChI is InChI=1S/C12H25NO/c1-4-11(14)12(5-2,6-3)13-9-7-8-10-13/h11,14H,4-10H2,1-3H3. The minimum absolute atomic E-state index is 0.0608. The highest BCUT2D eigenvalue weighted by molar-refractivity contribution is 4.96. The van der Waals surface area contributed by atoms with Crippen molar-refractivity contribution in [3.63, 3.8) is 0 Å². The Morgan fingerprint density at radius 3 is 2.00 bits per heavy atom. The molecule has 2 heteroatoms. The Kier molecular flexibility index (Phi) is 4.39. The molecule has 1 N–H and O–H groups in total. The van der Waals surface area contributed by atoms with Gasteiger partial charge in [-0.2, -0.15) is 0 Å². The molecular weight excluding hydrogens is 174 g/mol. The van der Waals surface area contributed by atoms with E-state index in [1.54, 1.807) is 0 Å². The van der Waals surface area contributed by atoms with Gasteiger partial charge in [0.15, 0.2) is 0 Å². The van der Waals surface area contributed by atoms with E-state index < -0.39 is 0 Å². The molecule has 0 saturated carbocycles. The van der Waals surface area contributed by atoms with Crippen molar-refractivity contribution in [3.05, 3.63) is 0 Å². The second-order valence-corrected chi connectivity index (χ2v) is 4.43. The van der Waals surface area contributed by atoms with Crippen LogP contribution in [0.15, 0.2) is 0 Å². The molecule has 0 spiro atoms. The Morgan fingerprint density at radius 2 is 1.64 bits per heavy atom. The predicted molar refractivity (Wildman–Crippen MR) is 60.4 cm³/mol. The molecule has 0 bridgehead atoms. The van der Waals surface area contributed by atoms with E-state index in [0.29, 0.717) is 0 Å². The average molecular weight is 199 g/mol. The lowest BCUT2D eigenvalue weighted by Gasteiger charge is -2.44. The van der Waals surface area contributed by atoms with Crippen LogP contribution >= 0.6 is 0 Å². The van der Waals surface area contributed by atoms with E-state index in [0.717, 1.165) is 19.3 Å². The van der Waals surface area contributed by atoms with Gasteiger partial charge >= 0.3 is 0 Å². The molecule has 0 aromatic rings. The SMILES string of the molecule is CCC(O)C(CC)(CC)N1CCCC1. The van der Waals surface area contributed by atoms with Crippen LogP contribution in [0.4, 0.5) is 0 Å². The Hall–Kier alpha value is -0.0800. The summed E-state index contributed by atoms with van der Waals surface area (Å²) in [4.78, 5) is 2.52. The van der Waals surface area contributed by atoms with Crippen molar-refractivity contribution in [2.75, 3.05) is 13.1 Å². The van der Waals surface area contributed by atoms with Gasteiger partial charge in [0.05, 0.1) is 6.10 Å². The molecule has 1 fully saturated rings. The number of likely N-dealkylation sites (tertiary alicyclic amines) is 1. The summed E-state index contributed by atoms with van der Waals surface area (Å²) in [5.41, 5.74) is 0.0608. The van der Waals surface area contributed by atoms with E-state index in [-0.39, 0.29) is 11.6 Å². The lowest BCUT2D eigenvalue weighted by molar-refractivity contribution is -0.0290. The molecule has 1 saturated heterocycles. The fourth-order valence-electron chi connectivity index (χ4n) is 2.92. The maximum Gasteiger partial charge on any atom is 0.0721 e. The molecule has 1 rings (SSSR count). The van der Waals surface area contributed by atoms with Crippen LogP contribution in [0.5, 0.6) is 0 Å². The van der Waals surface area contributed by atoms with E-state index in [1.807, 2.05) is 0 Å². The Morgan fingerprint density at radius 1 is 1.14 bits per heavy atom. The molecule has 84 valence electrons. The predicted octanol–water partition coefficient (Wildman–Crippen LogP) is 2.41. The molecule has 2 nitrogen and oxygen atoms in total. The van der Waals surface area contributed by atoms with Crippen LogP contribution in [-0.2, 0) is 0 Å². The zero-order chi connectivity index (χ0) is 10.6. The highest BCUT2D eigenvalue weighted by Gasteiger charge is 2.40. The van der Waals surface area contributed by atoms with Crippen molar-refractivity contribution in [2.24, 2.45) is 0 Å². The molecule has 1 atom stereocenters. The van der Waals surface area contributed by atoms with Gasteiger partial charge in [0.1, 0.15) is 0 Å². The molecule has 1 heterocycles. The second-order valence-electron chi connectivity index (χ2n) is 4.43. The van der Waals surface area contributed by atoms with Crippen molar-refractivity contribution in [2.45, 2.75) is 64.5 Å². The molecule has 1 aliphatic heterocycles. The largest absolute Gasteiger partial charge is 0.391 e. The first-order valence-electron chi connectivity index (χ1n) is 6.14. The molecule has 0 aromatic carbocycles. The zero-order valence-electron chi connectivity index (χ0n) is 9.92. The lowest BCUT2D eigenvalue weighted by atomic mass is 9.83. The van der Waals surface area contributed by atoms with Gasteiger partial charge < -0.3 is 5.11 Å². The second kappa shape index (κ2) is 5.13. The molecule has 14 heavy (non-hydrogen) atoms. The molecule has 0 aromatic heterocycles. The van der Waals surface area contributed by atoms with Gasteiger partial charge in [0.25, 0.3) is 0 Å². The van der Waals surface area contributed by atoms with Crippen molar-refractivity contribution in [1.29, 1.82) is 0 Å². The van der Waals surface area contributed by atoms with Crippen LogP contribution < -0.4 is 0 Å². The van der Waals surface area contributed by atoms with Crippen LogP contribution in [0.1, 0.15) is 52.9 Å². The quantitative estimate of drug-likeness (QED) is 0.735. The number of rotatable bonds is 5. The summed E-state index contributed by atoms with van der Waals surface area (Å²) in [6.07, 6.45) is 5.46. The van der Waals surface area contributed by atoms with Gasteiger partial charge in [0.2, 0.25) is 0 Å². The highest BCUT2D eigenvalue weighted by atomic mass is 16.3. The molecule has 1 unspecified atom stereocenters. The Bertz CT molecular complexity index is 160. The average Bonchev–Trinajstić information content (AvgIpc) is 2.74. The first-order valence-corrected chi connectivity index (χ1v) is 6.14. The van der Waals surface area contributed by atoms with E-state index in [2.05, 4.69) is 25.7 Å². The van der Waals surface area contributed by atoms with Crippen LogP contribution in [0.2, 0.25) is 0 Å². The molecule has 0 aliphatic carbocycles. The van der Waals surface area contributed by atoms with Gasteiger partial charge in [-0.3, -0.25) is 4.90 Å². The number of hydrogen-bond acceptors (Lipinski definition) is 2. The minimum atomic E-state index is -0.157. The van der Waals surface area contributed by atoms with Gasteiger partial charge in [-0.1, -0.05) is 20.8 Å². The normalized spacial score (nSPS) is 21.4. The number of hydrogen-bond donors (Lipinski definition) is 1. The maximum absolute atomic E-state index is 10.2. The Balaban J connectivity index is 2.77. The lowest BCUT2D eigenvalue weighted by Crippen LogP contribution is -2.54. The summed E-state index contributed by atoms with van der Waals surface area (Å²) in [5, 5.41) is 10.2. The fourth-order valence-corrected chi connectivity index (χ4v) is 2.92. The topological polar surface area (TPSA) is 23.5 Å².